The van der Waals surface area contributed by atoms with E-state index < -0.39 is 42.6 Å². The zero-order chi connectivity index (χ0) is 33.0. The van der Waals surface area contributed by atoms with Gasteiger partial charge in [-0.3, -0.25) is 0 Å². The van der Waals surface area contributed by atoms with E-state index in [1.54, 1.807) is 24.3 Å². The molecule has 0 aliphatic heterocycles. The first-order chi connectivity index (χ1) is 23.7. The number of carbonyl (C=O) groups excluding carboxylic acids is 1. The number of benzene rings is 5. The van der Waals surface area contributed by atoms with E-state index in [0.29, 0.717) is 5.56 Å². The second-order valence-corrected chi connectivity index (χ2v) is 11.8. The lowest BCUT2D eigenvalue weighted by molar-refractivity contribution is -0.273. The molecule has 0 radical (unpaired) electrons. The summed E-state index contributed by atoms with van der Waals surface area (Å²) in [6.45, 7) is 0.884. The van der Waals surface area contributed by atoms with Crippen molar-refractivity contribution in [1.29, 1.82) is 0 Å². The third kappa shape index (κ3) is 8.83. The molecule has 48 heavy (non-hydrogen) atoms. The Kier molecular flexibility index (Phi) is 11.8. The molecular formula is C41H40O7. The van der Waals surface area contributed by atoms with Crippen LogP contribution in [0.4, 0.5) is 0 Å². The number of rotatable bonds is 14. The molecule has 1 saturated carbocycles. The number of aliphatic hydroxyl groups excluding tert-OH is 1. The average molecular weight is 645 g/mol. The highest BCUT2D eigenvalue weighted by molar-refractivity contribution is 5.89. The molecule has 0 saturated heterocycles. The maximum Gasteiger partial charge on any atom is 0.338 e. The largest absolute Gasteiger partial charge is 0.453 e. The van der Waals surface area contributed by atoms with Crippen molar-refractivity contribution < 1.29 is 33.6 Å². The first kappa shape index (κ1) is 33.3. The third-order valence-corrected chi connectivity index (χ3v) is 8.36. The fraction of sp³-hybridized carbons (Fsp3) is 0.244. The maximum atomic E-state index is 13.5. The van der Waals surface area contributed by atoms with Crippen LogP contribution in [0, 0.1) is 0 Å². The van der Waals surface area contributed by atoms with Crippen molar-refractivity contribution in [3.8, 4) is 0 Å². The standard InChI is InChI=1S/C41H40O7/c42-35-36(44-26-30-16-6-1-7-17-30)38(45-27-31-18-8-2-9-19-31)40(47-29-33-22-12-4-13-23-33)39(46-28-32-20-10-3-11-21-32)37(35)48-41(43)34-24-14-5-15-25-34/h1-25,35-40,42H,26-29H2/t35-,36-,37+,38+,39-,40-/m1/s1. The van der Waals surface area contributed by atoms with E-state index in [-0.39, 0.29) is 26.4 Å². The van der Waals surface area contributed by atoms with Crippen LogP contribution in [-0.2, 0) is 50.1 Å². The summed E-state index contributed by atoms with van der Waals surface area (Å²) >= 11 is 0. The van der Waals surface area contributed by atoms with E-state index in [9.17, 15) is 9.90 Å². The van der Waals surface area contributed by atoms with Crippen molar-refractivity contribution in [3.05, 3.63) is 179 Å². The van der Waals surface area contributed by atoms with Crippen LogP contribution in [0.1, 0.15) is 32.6 Å². The van der Waals surface area contributed by atoms with Gasteiger partial charge in [0.2, 0.25) is 0 Å². The van der Waals surface area contributed by atoms with Crippen LogP contribution in [-0.4, -0.2) is 47.7 Å². The monoisotopic (exact) mass is 644 g/mol. The molecule has 0 unspecified atom stereocenters. The Morgan fingerprint density at radius 2 is 0.708 bits per heavy atom. The van der Waals surface area contributed by atoms with Crippen LogP contribution in [0.15, 0.2) is 152 Å². The molecule has 1 N–H and O–H groups in total. The van der Waals surface area contributed by atoms with E-state index >= 15 is 0 Å². The van der Waals surface area contributed by atoms with Gasteiger partial charge < -0.3 is 28.8 Å². The Bertz CT molecular complexity index is 1650. The van der Waals surface area contributed by atoms with Crippen molar-refractivity contribution in [1.82, 2.24) is 0 Å². The van der Waals surface area contributed by atoms with Crippen LogP contribution < -0.4 is 0 Å². The van der Waals surface area contributed by atoms with Crippen LogP contribution in [0.2, 0.25) is 0 Å². The lowest BCUT2D eigenvalue weighted by Gasteiger charge is -2.48. The Morgan fingerprint density at radius 3 is 1.08 bits per heavy atom. The molecule has 246 valence electrons. The van der Waals surface area contributed by atoms with Crippen molar-refractivity contribution in [2.24, 2.45) is 0 Å². The second kappa shape index (κ2) is 17.0. The third-order valence-electron chi connectivity index (χ3n) is 8.36. The van der Waals surface area contributed by atoms with Crippen molar-refractivity contribution in [3.63, 3.8) is 0 Å². The van der Waals surface area contributed by atoms with E-state index in [1.807, 2.05) is 127 Å². The molecule has 0 heterocycles. The molecule has 1 aliphatic carbocycles. The van der Waals surface area contributed by atoms with Gasteiger partial charge in [0.15, 0.2) is 6.10 Å². The van der Waals surface area contributed by atoms with Gasteiger partial charge in [-0.2, -0.15) is 0 Å². The summed E-state index contributed by atoms with van der Waals surface area (Å²) in [6.07, 6.45) is -5.87. The number of hydrogen-bond donors (Lipinski definition) is 1. The minimum Gasteiger partial charge on any atom is -0.453 e. The molecule has 5 aromatic carbocycles. The van der Waals surface area contributed by atoms with Crippen LogP contribution >= 0.6 is 0 Å². The van der Waals surface area contributed by atoms with E-state index in [0.717, 1.165) is 22.3 Å². The topological polar surface area (TPSA) is 83.5 Å². The van der Waals surface area contributed by atoms with Gasteiger partial charge in [0.1, 0.15) is 30.5 Å². The Labute approximate surface area is 281 Å². The van der Waals surface area contributed by atoms with Gasteiger partial charge in [-0.25, -0.2) is 4.79 Å². The summed E-state index contributed by atoms with van der Waals surface area (Å²) in [5.74, 6) is -0.583. The van der Waals surface area contributed by atoms with Crippen molar-refractivity contribution >= 4 is 5.97 Å². The first-order valence-corrected chi connectivity index (χ1v) is 16.2. The summed E-state index contributed by atoms with van der Waals surface area (Å²) in [6, 6.07) is 47.8. The van der Waals surface area contributed by atoms with Gasteiger partial charge in [0.05, 0.1) is 32.0 Å². The van der Waals surface area contributed by atoms with Crippen molar-refractivity contribution in [2.75, 3.05) is 0 Å². The zero-order valence-electron chi connectivity index (χ0n) is 26.6. The van der Waals surface area contributed by atoms with Gasteiger partial charge >= 0.3 is 5.97 Å². The molecule has 0 bridgehead atoms. The highest BCUT2D eigenvalue weighted by Crippen LogP contribution is 2.35. The highest BCUT2D eigenvalue weighted by atomic mass is 16.6. The number of ether oxygens (including phenoxy) is 5. The van der Waals surface area contributed by atoms with Crippen LogP contribution in [0.3, 0.4) is 0 Å². The van der Waals surface area contributed by atoms with Crippen LogP contribution in [0.5, 0.6) is 0 Å². The number of aliphatic hydroxyl groups is 1. The molecule has 5 aromatic rings. The van der Waals surface area contributed by atoms with Gasteiger partial charge in [0, 0.05) is 0 Å². The minimum atomic E-state index is -1.31. The summed E-state index contributed by atoms with van der Waals surface area (Å²) < 4.78 is 32.5. The summed E-state index contributed by atoms with van der Waals surface area (Å²) in [4.78, 5) is 13.5. The fourth-order valence-corrected chi connectivity index (χ4v) is 5.87. The Morgan fingerprint density at radius 1 is 0.417 bits per heavy atom. The highest BCUT2D eigenvalue weighted by Gasteiger charge is 2.55. The Hall–Kier alpha value is -4.63. The van der Waals surface area contributed by atoms with E-state index in [2.05, 4.69) is 0 Å². The molecule has 0 aromatic heterocycles. The summed E-state index contributed by atoms with van der Waals surface area (Å²) in [7, 11) is 0. The van der Waals surface area contributed by atoms with Crippen molar-refractivity contribution in [2.45, 2.75) is 63.1 Å². The zero-order valence-corrected chi connectivity index (χ0v) is 26.6. The normalized spacial score (nSPS) is 22.2. The van der Waals surface area contributed by atoms with Gasteiger partial charge in [0.25, 0.3) is 0 Å². The average Bonchev–Trinajstić information content (AvgIpc) is 3.15. The predicted octanol–water partition coefficient (Wildman–Crippen LogP) is 6.93. The first-order valence-electron chi connectivity index (χ1n) is 16.2. The van der Waals surface area contributed by atoms with Gasteiger partial charge in [-0.05, 0) is 34.4 Å². The molecule has 0 spiro atoms. The maximum absolute atomic E-state index is 13.5. The van der Waals surface area contributed by atoms with Gasteiger partial charge in [-0.1, -0.05) is 140 Å². The molecule has 6 atom stereocenters. The molecule has 1 fully saturated rings. The smallest absolute Gasteiger partial charge is 0.338 e. The van der Waals surface area contributed by atoms with Gasteiger partial charge in [-0.15, -0.1) is 0 Å². The minimum absolute atomic E-state index is 0.198. The van der Waals surface area contributed by atoms with E-state index in [4.69, 9.17) is 23.7 Å². The number of esters is 1. The molecule has 6 rings (SSSR count). The number of carbonyl (C=O) groups is 1. The van der Waals surface area contributed by atoms with Crippen LogP contribution in [0.25, 0.3) is 0 Å². The summed E-state index contributed by atoms with van der Waals surface area (Å²) in [5, 5.41) is 12.1. The second-order valence-electron chi connectivity index (χ2n) is 11.8. The molecule has 1 aliphatic rings. The lowest BCUT2D eigenvalue weighted by atomic mass is 9.83. The SMILES string of the molecule is O=C(O[C@H]1[C@H](O)[C@@H](OCc2ccccc2)[C@H](OCc2ccccc2)[C@@H](OCc2ccccc2)[C@@H]1OCc1ccccc1)c1ccccc1. The molecule has 7 heteroatoms. The number of hydrogen-bond acceptors (Lipinski definition) is 7. The fourth-order valence-electron chi connectivity index (χ4n) is 5.87. The quantitative estimate of drug-likeness (QED) is 0.131. The Balaban J connectivity index is 1.37. The molecule has 0 amide bonds. The molecule has 7 nitrogen and oxygen atoms in total. The summed E-state index contributed by atoms with van der Waals surface area (Å²) in [5.41, 5.74) is 4.11. The molecular weight excluding hydrogens is 604 g/mol. The predicted molar refractivity (Wildman–Crippen MR) is 182 cm³/mol. The lowest BCUT2D eigenvalue weighted by Crippen LogP contribution is -2.67. The van der Waals surface area contributed by atoms with E-state index in [1.165, 1.54) is 0 Å².